The van der Waals surface area contributed by atoms with Crippen molar-refractivity contribution in [3.63, 3.8) is 0 Å². The monoisotopic (exact) mass is 438 g/mol. The summed E-state index contributed by atoms with van der Waals surface area (Å²) in [6.45, 7) is 12.0. The topological polar surface area (TPSA) is 49.1 Å². The van der Waals surface area contributed by atoms with E-state index in [4.69, 9.17) is 26.6 Å². The van der Waals surface area contributed by atoms with E-state index in [1.807, 2.05) is 18.2 Å². The second-order valence-corrected chi connectivity index (χ2v) is 9.16. The van der Waals surface area contributed by atoms with Crippen LogP contribution in [0.15, 0.2) is 57.1 Å². The first-order valence-corrected chi connectivity index (χ1v) is 11.9. The predicted molar refractivity (Wildman–Crippen MR) is 135 cm³/mol. The van der Waals surface area contributed by atoms with Crippen molar-refractivity contribution < 1.29 is 0 Å². The van der Waals surface area contributed by atoms with E-state index >= 15 is 0 Å². The number of halogens is 1. The quantitative estimate of drug-likeness (QED) is 0.535. The molecule has 4 unspecified atom stereocenters. The summed E-state index contributed by atoms with van der Waals surface area (Å²) in [5.74, 6) is 3.05. The number of benzene rings is 1. The van der Waals surface area contributed by atoms with E-state index in [0.717, 1.165) is 47.4 Å². The minimum Gasteiger partial charge on any atom is -0.388 e. The van der Waals surface area contributed by atoms with Crippen LogP contribution in [-0.4, -0.2) is 30.0 Å². The zero-order chi connectivity index (χ0) is 22.4. The molecule has 0 spiro atoms. The highest BCUT2D eigenvalue weighted by Crippen LogP contribution is 2.23. The lowest BCUT2D eigenvalue weighted by Crippen LogP contribution is -2.33. The number of hydrogen-bond acceptors (Lipinski definition) is 4. The van der Waals surface area contributed by atoms with Crippen molar-refractivity contribution in [2.75, 3.05) is 6.54 Å². The van der Waals surface area contributed by atoms with Crippen molar-refractivity contribution in [2.45, 2.75) is 59.9 Å². The van der Waals surface area contributed by atoms with Gasteiger partial charge in [0.05, 0.1) is 6.04 Å². The summed E-state index contributed by atoms with van der Waals surface area (Å²) >= 11 is 6.14. The second-order valence-electron chi connectivity index (χ2n) is 8.73. The average molecular weight is 439 g/mol. The Morgan fingerprint density at radius 3 is 2.81 bits per heavy atom. The van der Waals surface area contributed by atoms with Crippen LogP contribution in [0.4, 0.5) is 0 Å². The number of amidine groups is 2. The summed E-state index contributed by atoms with van der Waals surface area (Å²) in [5.41, 5.74) is 3.38. The SMILES string of the molecule is CCC1CNC(C)=CC1=NC1=NC(C(C)C(C)CC)=NC(C=Cc2cccc(Cl)c2)C1. The standard InChI is InChI=1S/C26H35ClN4/c1-6-17(3)19(5)26-29-23(12-11-20-9-8-10-22(27)14-20)15-25(31-26)30-24-13-18(4)28-16-21(24)7-2/h8-14,17,19,21,23,28H,6-7,15-16H2,1-5H3. The Kier molecular flexibility index (Phi) is 8.25. The first-order chi connectivity index (χ1) is 14.9. The fraction of sp³-hybridized carbons (Fsp3) is 0.500. The zero-order valence-corrected chi connectivity index (χ0v) is 20.2. The van der Waals surface area contributed by atoms with Gasteiger partial charge in [0, 0.05) is 41.2 Å². The van der Waals surface area contributed by atoms with Crippen LogP contribution >= 0.6 is 11.6 Å². The molecule has 5 heteroatoms. The summed E-state index contributed by atoms with van der Waals surface area (Å²) in [5, 5.41) is 4.19. The highest BCUT2D eigenvalue weighted by Gasteiger charge is 2.24. The molecule has 0 aromatic heterocycles. The van der Waals surface area contributed by atoms with Gasteiger partial charge in [0.15, 0.2) is 0 Å². The molecule has 0 saturated heterocycles. The molecule has 0 amide bonds. The Balaban J connectivity index is 1.91. The largest absolute Gasteiger partial charge is 0.388 e. The number of allylic oxidation sites excluding steroid dienone is 2. The fourth-order valence-corrected chi connectivity index (χ4v) is 4.06. The molecule has 1 N–H and O–H groups in total. The van der Waals surface area contributed by atoms with Gasteiger partial charge in [-0.1, -0.05) is 70.0 Å². The summed E-state index contributed by atoms with van der Waals surface area (Å²) in [6, 6.07) is 7.92. The van der Waals surface area contributed by atoms with Crippen LogP contribution in [0.1, 0.15) is 59.4 Å². The molecular formula is C26H35ClN4. The lowest BCUT2D eigenvalue weighted by atomic mass is 9.91. The molecule has 31 heavy (non-hydrogen) atoms. The minimum atomic E-state index is 0.0317. The van der Waals surface area contributed by atoms with E-state index in [9.17, 15) is 0 Å². The Labute approximate surface area is 192 Å². The van der Waals surface area contributed by atoms with Crippen molar-refractivity contribution in [1.82, 2.24) is 5.32 Å². The van der Waals surface area contributed by atoms with Crippen LogP contribution in [0.3, 0.4) is 0 Å². The normalized spacial score (nSPS) is 25.0. The van der Waals surface area contributed by atoms with Crippen LogP contribution in [0.25, 0.3) is 6.08 Å². The Bertz CT molecular complexity index is 925. The number of aliphatic imine (C=N–C) groups is 3. The second kappa shape index (κ2) is 10.9. The van der Waals surface area contributed by atoms with Gasteiger partial charge < -0.3 is 5.32 Å². The molecule has 2 heterocycles. The smallest absolute Gasteiger partial charge is 0.133 e. The van der Waals surface area contributed by atoms with Gasteiger partial charge >= 0.3 is 0 Å². The Morgan fingerprint density at radius 2 is 2.10 bits per heavy atom. The summed E-state index contributed by atoms with van der Waals surface area (Å²) in [4.78, 5) is 15.0. The van der Waals surface area contributed by atoms with E-state index < -0.39 is 0 Å². The molecule has 4 atom stereocenters. The van der Waals surface area contributed by atoms with Crippen LogP contribution < -0.4 is 5.32 Å². The molecule has 1 aromatic carbocycles. The van der Waals surface area contributed by atoms with E-state index in [1.165, 1.54) is 5.70 Å². The van der Waals surface area contributed by atoms with Crippen molar-refractivity contribution in [1.29, 1.82) is 0 Å². The third kappa shape index (κ3) is 6.39. The fourth-order valence-electron chi connectivity index (χ4n) is 3.86. The van der Waals surface area contributed by atoms with Gasteiger partial charge in [0.2, 0.25) is 0 Å². The van der Waals surface area contributed by atoms with E-state index in [1.54, 1.807) is 0 Å². The summed E-state index contributed by atoms with van der Waals surface area (Å²) in [7, 11) is 0. The van der Waals surface area contributed by atoms with Gasteiger partial charge in [0.1, 0.15) is 11.7 Å². The van der Waals surface area contributed by atoms with E-state index in [0.29, 0.717) is 24.2 Å². The molecule has 0 fully saturated rings. The van der Waals surface area contributed by atoms with Crippen LogP contribution in [0, 0.1) is 17.8 Å². The van der Waals surface area contributed by atoms with Gasteiger partial charge in [-0.05, 0) is 43.0 Å². The molecule has 2 aliphatic rings. The first kappa shape index (κ1) is 23.5. The first-order valence-electron chi connectivity index (χ1n) is 11.5. The van der Waals surface area contributed by atoms with Crippen molar-refractivity contribution >= 4 is 35.1 Å². The summed E-state index contributed by atoms with van der Waals surface area (Å²) < 4.78 is 0. The van der Waals surface area contributed by atoms with Gasteiger partial charge in [-0.15, -0.1) is 0 Å². The van der Waals surface area contributed by atoms with Crippen molar-refractivity contribution in [3.05, 3.63) is 52.7 Å². The third-order valence-corrected chi connectivity index (χ3v) is 6.59. The number of nitrogens with one attached hydrogen (secondary N) is 1. The number of rotatable bonds is 6. The third-order valence-electron chi connectivity index (χ3n) is 6.36. The molecule has 0 aliphatic carbocycles. The van der Waals surface area contributed by atoms with Gasteiger partial charge in [-0.2, -0.15) is 0 Å². The number of nitrogens with zero attached hydrogens (tertiary/aromatic N) is 3. The molecule has 166 valence electrons. The maximum absolute atomic E-state index is 6.14. The summed E-state index contributed by atoms with van der Waals surface area (Å²) in [6.07, 6.45) is 9.31. The highest BCUT2D eigenvalue weighted by molar-refractivity contribution is 6.30. The van der Waals surface area contributed by atoms with Crippen LogP contribution in [0.5, 0.6) is 0 Å². The van der Waals surface area contributed by atoms with Crippen molar-refractivity contribution in [2.24, 2.45) is 32.7 Å². The molecule has 2 aliphatic heterocycles. The molecule has 3 rings (SSSR count). The van der Waals surface area contributed by atoms with Gasteiger partial charge in [0.25, 0.3) is 0 Å². The highest BCUT2D eigenvalue weighted by atomic mass is 35.5. The van der Waals surface area contributed by atoms with Gasteiger partial charge in [-0.3, -0.25) is 4.99 Å². The van der Waals surface area contributed by atoms with Gasteiger partial charge in [-0.25, -0.2) is 9.98 Å². The minimum absolute atomic E-state index is 0.0317. The Hall–Kier alpha value is -2.20. The molecule has 0 bridgehead atoms. The van der Waals surface area contributed by atoms with Crippen LogP contribution in [0.2, 0.25) is 5.02 Å². The van der Waals surface area contributed by atoms with E-state index in [2.05, 4.69) is 64.2 Å². The average Bonchev–Trinajstić information content (AvgIpc) is 2.76. The number of hydrogen-bond donors (Lipinski definition) is 1. The zero-order valence-electron chi connectivity index (χ0n) is 19.4. The molecule has 0 saturated carbocycles. The predicted octanol–water partition coefficient (Wildman–Crippen LogP) is 6.58. The lowest BCUT2D eigenvalue weighted by Gasteiger charge is -2.25. The maximum atomic E-state index is 6.14. The van der Waals surface area contributed by atoms with E-state index in [-0.39, 0.29) is 6.04 Å². The molecular weight excluding hydrogens is 404 g/mol. The maximum Gasteiger partial charge on any atom is 0.133 e. The van der Waals surface area contributed by atoms with Crippen molar-refractivity contribution in [3.8, 4) is 0 Å². The van der Waals surface area contributed by atoms with Crippen LogP contribution in [-0.2, 0) is 0 Å². The Morgan fingerprint density at radius 1 is 1.29 bits per heavy atom. The lowest BCUT2D eigenvalue weighted by molar-refractivity contribution is 0.464. The molecule has 1 aromatic rings. The molecule has 0 radical (unpaired) electrons. The molecule has 4 nitrogen and oxygen atoms in total.